The number of furan rings is 1. The molecule has 2 rings (SSSR count). The van der Waals surface area contributed by atoms with Gasteiger partial charge in [-0.05, 0) is 27.8 Å². The standard InChI is InChI=1S/C12H16N2O2/c1-7-8(2)16-9(3)11(7)12-14-10(5-13-4)6-15-12/h6,13H,5H2,1-4H3. The molecule has 4 nitrogen and oxygen atoms in total. The fraction of sp³-hybridized carbons (Fsp3) is 0.417. The highest BCUT2D eigenvalue weighted by Gasteiger charge is 2.17. The van der Waals surface area contributed by atoms with Crippen LogP contribution in [0.2, 0.25) is 0 Å². The molecule has 2 heterocycles. The van der Waals surface area contributed by atoms with Crippen LogP contribution in [0.1, 0.15) is 22.8 Å². The van der Waals surface area contributed by atoms with E-state index >= 15 is 0 Å². The van der Waals surface area contributed by atoms with E-state index < -0.39 is 0 Å². The van der Waals surface area contributed by atoms with Crippen molar-refractivity contribution in [2.45, 2.75) is 27.3 Å². The molecule has 0 bridgehead atoms. The molecule has 86 valence electrons. The molecule has 0 radical (unpaired) electrons. The Labute approximate surface area is 94.7 Å². The second-order valence-electron chi connectivity index (χ2n) is 3.89. The van der Waals surface area contributed by atoms with Gasteiger partial charge in [0.15, 0.2) is 0 Å². The molecule has 0 saturated carbocycles. The fourth-order valence-electron chi connectivity index (χ4n) is 1.79. The zero-order chi connectivity index (χ0) is 11.7. The topological polar surface area (TPSA) is 51.2 Å². The van der Waals surface area contributed by atoms with E-state index in [1.807, 2.05) is 27.8 Å². The van der Waals surface area contributed by atoms with Crippen LogP contribution in [0.5, 0.6) is 0 Å². The van der Waals surface area contributed by atoms with Crippen LogP contribution in [0.15, 0.2) is 15.1 Å². The van der Waals surface area contributed by atoms with Gasteiger partial charge in [-0.3, -0.25) is 0 Å². The summed E-state index contributed by atoms with van der Waals surface area (Å²) in [5.74, 6) is 2.41. The summed E-state index contributed by atoms with van der Waals surface area (Å²) in [6, 6.07) is 0. The van der Waals surface area contributed by atoms with Gasteiger partial charge in [-0.15, -0.1) is 0 Å². The minimum Gasteiger partial charge on any atom is -0.466 e. The highest BCUT2D eigenvalue weighted by molar-refractivity contribution is 5.62. The van der Waals surface area contributed by atoms with Crippen LogP contribution in [0.4, 0.5) is 0 Å². The number of hydrogen-bond donors (Lipinski definition) is 1. The summed E-state index contributed by atoms with van der Waals surface area (Å²) in [6.45, 7) is 6.60. The number of nitrogens with one attached hydrogen (secondary N) is 1. The fourth-order valence-corrected chi connectivity index (χ4v) is 1.79. The third-order valence-electron chi connectivity index (χ3n) is 2.68. The van der Waals surface area contributed by atoms with E-state index in [0.717, 1.165) is 28.3 Å². The van der Waals surface area contributed by atoms with Crippen LogP contribution in [0, 0.1) is 20.8 Å². The third kappa shape index (κ3) is 1.76. The Bertz CT molecular complexity index is 497. The van der Waals surface area contributed by atoms with Gasteiger partial charge in [0.05, 0.1) is 11.3 Å². The van der Waals surface area contributed by atoms with Gasteiger partial charge in [0.25, 0.3) is 0 Å². The number of oxazole rings is 1. The van der Waals surface area contributed by atoms with E-state index in [1.54, 1.807) is 6.26 Å². The van der Waals surface area contributed by atoms with Crippen LogP contribution >= 0.6 is 0 Å². The van der Waals surface area contributed by atoms with Crippen LogP contribution in [0.25, 0.3) is 11.5 Å². The first-order valence-electron chi connectivity index (χ1n) is 5.29. The van der Waals surface area contributed by atoms with Crippen molar-refractivity contribution >= 4 is 0 Å². The zero-order valence-electron chi connectivity index (χ0n) is 10.0. The Morgan fingerprint density at radius 1 is 1.25 bits per heavy atom. The van der Waals surface area contributed by atoms with Crippen LogP contribution in [-0.2, 0) is 6.54 Å². The van der Waals surface area contributed by atoms with Gasteiger partial charge in [0, 0.05) is 12.1 Å². The van der Waals surface area contributed by atoms with Gasteiger partial charge >= 0.3 is 0 Å². The molecule has 2 aromatic rings. The lowest BCUT2D eigenvalue weighted by Gasteiger charge is -1.94. The molecule has 0 aliphatic carbocycles. The Balaban J connectivity index is 2.42. The largest absolute Gasteiger partial charge is 0.466 e. The molecule has 0 fully saturated rings. The molecule has 0 aliphatic rings. The third-order valence-corrected chi connectivity index (χ3v) is 2.68. The van der Waals surface area contributed by atoms with Crippen molar-refractivity contribution in [3.63, 3.8) is 0 Å². The maximum Gasteiger partial charge on any atom is 0.230 e. The molecule has 0 unspecified atom stereocenters. The SMILES string of the molecule is CNCc1coc(-c2c(C)oc(C)c2C)n1. The Morgan fingerprint density at radius 3 is 2.56 bits per heavy atom. The maximum atomic E-state index is 5.55. The normalized spacial score (nSPS) is 11.0. The summed E-state index contributed by atoms with van der Waals surface area (Å²) in [4.78, 5) is 4.42. The van der Waals surface area contributed by atoms with Crippen molar-refractivity contribution in [1.29, 1.82) is 0 Å². The zero-order valence-corrected chi connectivity index (χ0v) is 10.0. The van der Waals surface area contributed by atoms with E-state index in [-0.39, 0.29) is 0 Å². The monoisotopic (exact) mass is 220 g/mol. The molecule has 2 aromatic heterocycles. The summed E-state index contributed by atoms with van der Waals surface area (Å²) in [7, 11) is 1.88. The van der Waals surface area contributed by atoms with E-state index in [4.69, 9.17) is 8.83 Å². The second-order valence-corrected chi connectivity index (χ2v) is 3.89. The lowest BCUT2D eigenvalue weighted by molar-refractivity contribution is 0.501. The van der Waals surface area contributed by atoms with Crippen molar-refractivity contribution in [3.8, 4) is 11.5 Å². The van der Waals surface area contributed by atoms with Gasteiger partial charge in [-0.1, -0.05) is 0 Å². The minimum absolute atomic E-state index is 0.636. The Morgan fingerprint density at radius 2 is 2.00 bits per heavy atom. The van der Waals surface area contributed by atoms with Gasteiger partial charge in [-0.2, -0.15) is 0 Å². The van der Waals surface area contributed by atoms with Gasteiger partial charge in [0.1, 0.15) is 17.8 Å². The molecule has 0 amide bonds. The number of rotatable bonds is 3. The molecular formula is C12H16N2O2. The molecule has 1 N–H and O–H groups in total. The van der Waals surface area contributed by atoms with E-state index in [1.165, 1.54) is 0 Å². The Hall–Kier alpha value is -1.55. The minimum atomic E-state index is 0.636. The second kappa shape index (κ2) is 4.14. The average Bonchev–Trinajstić information content (AvgIpc) is 2.75. The highest BCUT2D eigenvalue weighted by Crippen LogP contribution is 2.30. The molecular weight excluding hydrogens is 204 g/mol. The Kier molecular flexibility index (Phi) is 2.83. The maximum absolute atomic E-state index is 5.55. The summed E-state index contributed by atoms with van der Waals surface area (Å²) in [5.41, 5.74) is 2.96. The first kappa shape index (κ1) is 11.0. The van der Waals surface area contributed by atoms with E-state index in [2.05, 4.69) is 10.3 Å². The molecule has 16 heavy (non-hydrogen) atoms. The molecule has 0 aliphatic heterocycles. The predicted octanol–water partition coefficient (Wildman–Crippen LogP) is 2.58. The van der Waals surface area contributed by atoms with Gasteiger partial charge < -0.3 is 14.2 Å². The lowest BCUT2D eigenvalue weighted by Crippen LogP contribution is -2.04. The van der Waals surface area contributed by atoms with Gasteiger partial charge in [0.2, 0.25) is 5.89 Å². The average molecular weight is 220 g/mol. The summed E-state index contributed by atoms with van der Waals surface area (Å²) < 4.78 is 11.0. The van der Waals surface area contributed by atoms with Crippen molar-refractivity contribution < 1.29 is 8.83 Å². The van der Waals surface area contributed by atoms with Crippen molar-refractivity contribution in [2.24, 2.45) is 0 Å². The molecule has 0 atom stereocenters. The van der Waals surface area contributed by atoms with Crippen LogP contribution < -0.4 is 5.32 Å². The van der Waals surface area contributed by atoms with Crippen molar-refractivity contribution in [1.82, 2.24) is 10.3 Å². The lowest BCUT2D eigenvalue weighted by atomic mass is 10.1. The highest BCUT2D eigenvalue weighted by atomic mass is 16.4. The molecule has 0 saturated heterocycles. The van der Waals surface area contributed by atoms with Crippen molar-refractivity contribution in [3.05, 3.63) is 29.0 Å². The van der Waals surface area contributed by atoms with Crippen LogP contribution in [0.3, 0.4) is 0 Å². The quantitative estimate of drug-likeness (QED) is 0.863. The summed E-state index contributed by atoms with van der Waals surface area (Å²) in [5, 5.41) is 3.04. The van der Waals surface area contributed by atoms with E-state index in [0.29, 0.717) is 12.4 Å². The summed E-state index contributed by atoms with van der Waals surface area (Å²) in [6.07, 6.45) is 1.67. The number of aromatic nitrogens is 1. The number of nitrogens with zero attached hydrogens (tertiary/aromatic N) is 1. The molecule has 4 heteroatoms. The van der Waals surface area contributed by atoms with Crippen molar-refractivity contribution in [2.75, 3.05) is 7.05 Å². The smallest absolute Gasteiger partial charge is 0.230 e. The summed E-state index contributed by atoms with van der Waals surface area (Å²) >= 11 is 0. The van der Waals surface area contributed by atoms with Gasteiger partial charge in [-0.25, -0.2) is 4.98 Å². The number of aryl methyl sites for hydroxylation is 2. The predicted molar refractivity (Wildman–Crippen MR) is 61.2 cm³/mol. The first-order chi connectivity index (χ1) is 7.63. The molecule has 0 aromatic carbocycles. The first-order valence-corrected chi connectivity index (χ1v) is 5.29. The molecule has 0 spiro atoms. The van der Waals surface area contributed by atoms with E-state index in [9.17, 15) is 0 Å². The van der Waals surface area contributed by atoms with Crippen LogP contribution in [-0.4, -0.2) is 12.0 Å². The number of hydrogen-bond acceptors (Lipinski definition) is 4.